The van der Waals surface area contributed by atoms with Crippen LogP contribution in [0, 0.1) is 0 Å². The zero-order valence-corrected chi connectivity index (χ0v) is 12.5. The van der Waals surface area contributed by atoms with Crippen LogP contribution in [0.1, 0.15) is 19.8 Å². The molecule has 2 rings (SSSR count). The first kappa shape index (κ1) is 14.0. The number of aromatic nitrogens is 2. The fourth-order valence-corrected chi connectivity index (χ4v) is 2.07. The van der Waals surface area contributed by atoms with Gasteiger partial charge in [0, 0.05) is 6.04 Å². The SMILES string of the molecule is CCOC(=O)CN(c1ncc(Br)c(OC)n1)C1CC1. The van der Waals surface area contributed by atoms with Crippen LogP contribution in [-0.4, -0.2) is 42.2 Å². The quantitative estimate of drug-likeness (QED) is 0.741. The smallest absolute Gasteiger partial charge is 0.325 e. The predicted octanol–water partition coefficient (Wildman–Crippen LogP) is 1.78. The van der Waals surface area contributed by atoms with Crippen molar-refractivity contribution in [3.05, 3.63) is 10.7 Å². The van der Waals surface area contributed by atoms with E-state index in [0.717, 1.165) is 12.8 Å². The average Bonchev–Trinajstić information content (AvgIpc) is 3.21. The summed E-state index contributed by atoms with van der Waals surface area (Å²) in [7, 11) is 1.55. The van der Waals surface area contributed by atoms with E-state index >= 15 is 0 Å². The van der Waals surface area contributed by atoms with Crippen LogP contribution in [0.2, 0.25) is 0 Å². The van der Waals surface area contributed by atoms with Crippen molar-refractivity contribution >= 4 is 27.8 Å². The molecule has 0 bridgehead atoms. The molecule has 1 aromatic rings. The van der Waals surface area contributed by atoms with Crippen molar-refractivity contribution in [1.82, 2.24) is 9.97 Å². The lowest BCUT2D eigenvalue weighted by atomic mass is 10.4. The molecule has 1 heterocycles. The molecule has 7 heteroatoms. The second-order valence-electron chi connectivity index (χ2n) is 4.19. The minimum Gasteiger partial charge on any atom is -0.480 e. The average molecular weight is 330 g/mol. The van der Waals surface area contributed by atoms with Gasteiger partial charge >= 0.3 is 5.97 Å². The van der Waals surface area contributed by atoms with Gasteiger partial charge in [0.25, 0.3) is 0 Å². The van der Waals surface area contributed by atoms with E-state index in [4.69, 9.17) is 9.47 Å². The Morgan fingerprint density at radius 1 is 1.58 bits per heavy atom. The van der Waals surface area contributed by atoms with Crippen LogP contribution < -0.4 is 9.64 Å². The van der Waals surface area contributed by atoms with Gasteiger partial charge in [-0.25, -0.2) is 4.98 Å². The molecule has 0 spiro atoms. The Hall–Kier alpha value is -1.37. The molecule has 6 nitrogen and oxygen atoms in total. The third-order valence-electron chi connectivity index (χ3n) is 2.74. The number of anilines is 1. The third kappa shape index (κ3) is 3.56. The van der Waals surface area contributed by atoms with E-state index in [1.54, 1.807) is 20.2 Å². The number of hydrogen-bond donors (Lipinski definition) is 0. The van der Waals surface area contributed by atoms with Crippen molar-refractivity contribution < 1.29 is 14.3 Å². The van der Waals surface area contributed by atoms with Crippen molar-refractivity contribution in [2.45, 2.75) is 25.8 Å². The van der Waals surface area contributed by atoms with Crippen LogP contribution >= 0.6 is 15.9 Å². The molecule has 0 atom stereocenters. The summed E-state index contributed by atoms with van der Waals surface area (Å²) in [6, 6.07) is 0.315. The zero-order valence-electron chi connectivity index (χ0n) is 10.9. The number of ether oxygens (including phenoxy) is 2. The van der Waals surface area contributed by atoms with Gasteiger partial charge in [-0.15, -0.1) is 0 Å². The number of nitrogens with zero attached hydrogens (tertiary/aromatic N) is 3. The van der Waals surface area contributed by atoms with E-state index in [1.807, 2.05) is 4.90 Å². The molecule has 0 aromatic carbocycles. The van der Waals surface area contributed by atoms with Gasteiger partial charge in [-0.2, -0.15) is 4.98 Å². The Kier molecular flexibility index (Phi) is 4.57. The van der Waals surface area contributed by atoms with E-state index in [0.29, 0.717) is 28.9 Å². The fourth-order valence-electron chi connectivity index (χ4n) is 1.72. The Balaban J connectivity index is 2.16. The fraction of sp³-hybridized carbons (Fsp3) is 0.583. The number of methoxy groups -OCH3 is 1. The molecule has 0 saturated heterocycles. The molecule has 1 aliphatic rings. The van der Waals surface area contributed by atoms with Crippen molar-refractivity contribution in [3.63, 3.8) is 0 Å². The van der Waals surface area contributed by atoms with E-state index in [1.165, 1.54) is 0 Å². The lowest BCUT2D eigenvalue weighted by molar-refractivity contribution is -0.141. The number of hydrogen-bond acceptors (Lipinski definition) is 6. The zero-order chi connectivity index (χ0) is 13.8. The third-order valence-corrected chi connectivity index (χ3v) is 3.29. The Morgan fingerprint density at radius 3 is 2.89 bits per heavy atom. The largest absolute Gasteiger partial charge is 0.480 e. The lowest BCUT2D eigenvalue weighted by Crippen LogP contribution is -2.34. The molecule has 104 valence electrons. The summed E-state index contributed by atoms with van der Waals surface area (Å²) in [6.07, 6.45) is 3.71. The Labute approximate surface area is 120 Å². The number of carbonyl (C=O) groups excluding carboxylic acids is 1. The topological polar surface area (TPSA) is 64.5 Å². The molecule has 19 heavy (non-hydrogen) atoms. The summed E-state index contributed by atoms with van der Waals surface area (Å²) in [5, 5.41) is 0. The highest BCUT2D eigenvalue weighted by atomic mass is 79.9. The highest BCUT2D eigenvalue weighted by Gasteiger charge is 2.33. The highest BCUT2D eigenvalue weighted by molar-refractivity contribution is 9.10. The van der Waals surface area contributed by atoms with Crippen LogP contribution in [0.25, 0.3) is 0 Å². The molecule has 1 fully saturated rings. The first-order valence-corrected chi connectivity index (χ1v) is 6.93. The predicted molar refractivity (Wildman–Crippen MR) is 73.3 cm³/mol. The molecule has 1 aromatic heterocycles. The van der Waals surface area contributed by atoms with Crippen LogP contribution in [0.3, 0.4) is 0 Å². The number of rotatable bonds is 6. The molecule has 1 aliphatic carbocycles. The van der Waals surface area contributed by atoms with E-state index in [2.05, 4.69) is 25.9 Å². The number of esters is 1. The highest BCUT2D eigenvalue weighted by Crippen LogP contribution is 2.31. The van der Waals surface area contributed by atoms with Gasteiger partial charge in [0.05, 0.1) is 24.4 Å². The van der Waals surface area contributed by atoms with Gasteiger partial charge in [-0.1, -0.05) is 0 Å². The summed E-state index contributed by atoms with van der Waals surface area (Å²) in [4.78, 5) is 22.0. The summed E-state index contributed by atoms with van der Waals surface area (Å²) >= 11 is 3.31. The van der Waals surface area contributed by atoms with Crippen molar-refractivity contribution in [1.29, 1.82) is 0 Å². The van der Waals surface area contributed by atoms with Crippen LogP contribution in [0.5, 0.6) is 5.88 Å². The summed E-state index contributed by atoms with van der Waals surface area (Å²) in [6.45, 7) is 2.34. The molecule has 1 saturated carbocycles. The Morgan fingerprint density at radius 2 is 2.32 bits per heavy atom. The molecule has 0 radical (unpaired) electrons. The maximum atomic E-state index is 11.6. The molecule has 0 aliphatic heterocycles. The minimum absolute atomic E-state index is 0.170. The van der Waals surface area contributed by atoms with Gasteiger partial charge in [-0.3, -0.25) is 4.79 Å². The second-order valence-corrected chi connectivity index (χ2v) is 5.05. The van der Waals surface area contributed by atoms with Gasteiger partial charge in [0.1, 0.15) is 6.54 Å². The van der Waals surface area contributed by atoms with Crippen molar-refractivity contribution in [2.75, 3.05) is 25.2 Å². The number of carbonyl (C=O) groups is 1. The molecular weight excluding hydrogens is 314 g/mol. The van der Waals surface area contributed by atoms with E-state index in [9.17, 15) is 4.79 Å². The molecule has 0 N–H and O–H groups in total. The van der Waals surface area contributed by atoms with Crippen molar-refractivity contribution in [2.24, 2.45) is 0 Å². The first-order valence-electron chi connectivity index (χ1n) is 6.14. The Bertz CT molecular complexity index is 466. The van der Waals surface area contributed by atoms with Gasteiger partial charge in [0.2, 0.25) is 11.8 Å². The second kappa shape index (κ2) is 6.18. The van der Waals surface area contributed by atoms with Gasteiger partial charge in [-0.05, 0) is 35.7 Å². The summed E-state index contributed by atoms with van der Waals surface area (Å²) in [5.74, 6) is 0.690. The van der Waals surface area contributed by atoms with E-state index < -0.39 is 0 Å². The molecular formula is C12H16BrN3O3. The van der Waals surface area contributed by atoms with E-state index in [-0.39, 0.29) is 12.5 Å². The maximum absolute atomic E-state index is 11.6. The normalized spacial score (nSPS) is 14.1. The minimum atomic E-state index is -0.264. The standard InChI is InChI=1S/C12H16BrN3O3/c1-3-19-10(17)7-16(8-4-5-8)12-14-6-9(13)11(15-12)18-2/h6,8H,3-5,7H2,1-2H3. The summed E-state index contributed by atoms with van der Waals surface area (Å²) < 4.78 is 10.8. The van der Waals surface area contributed by atoms with Crippen molar-refractivity contribution in [3.8, 4) is 5.88 Å². The summed E-state index contributed by atoms with van der Waals surface area (Å²) in [5.41, 5.74) is 0. The van der Waals surface area contributed by atoms with Gasteiger partial charge in [0.15, 0.2) is 0 Å². The molecule has 0 unspecified atom stereocenters. The van der Waals surface area contributed by atoms with Crippen LogP contribution in [-0.2, 0) is 9.53 Å². The molecule has 0 amide bonds. The number of halogens is 1. The first-order chi connectivity index (χ1) is 9.15. The van der Waals surface area contributed by atoms with Crippen LogP contribution in [0.15, 0.2) is 10.7 Å². The van der Waals surface area contributed by atoms with Crippen LogP contribution in [0.4, 0.5) is 5.95 Å². The maximum Gasteiger partial charge on any atom is 0.325 e. The monoisotopic (exact) mass is 329 g/mol. The van der Waals surface area contributed by atoms with Gasteiger partial charge < -0.3 is 14.4 Å². The lowest BCUT2D eigenvalue weighted by Gasteiger charge is -2.21.